The Morgan fingerprint density at radius 1 is 1.13 bits per heavy atom. The fourth-order valence-electron chi connectivity index (χ4n) is 2.45. The van der Waals surface area contributed by atoms with Crippen LogP contribution in [0.4, 0.5) is 0 Å². The molecular weight excluding hydrogens is 478 g/mol. The van der Waals surface area contributed by atoms with Gasteiger partial charge in [-0.1, -0.05) is 58.5 Å². The third kappa shape index (κ3) is 7.98. The fraction of sp³-hybridized carbons (Fsp3) is 0.167. The second-order valence-electron chi connectivity index (χ2n) is 5.86. The summed E-state index contributed by atoms with van der Waals surface area (Å²) >= 11 is 24.5. The number of imidazole rings is 1. The van der Waals surface area contributed by atoms with Gasteiger partial charge in [0.05, 0.1) is 19.0 Å². The molecule has 3 aromatic rings. The number of hydrogen-bond donors (Lipinski definition) is 2. The second kappa shape index (κ2) is 11.9. The molecule has 3 rings (SSSR count). The van der Waals surface area contributed by atoms with Crippen molar-refractivity contribution in [2.24, 2.45) is 0 Å². The van der Waals surface area contributed by atoms with Crippen LogP contribution in [-0.4, -0.2) is 19.8 Å². The Balaban J connectivity index is 0.000000735. The van der Waals surface area contributed by atoms with Gasteiger partial charge < -0.3 is 9.77 Å². The number of benzene rings is 2. The Kier molecular flexibility index (Phi) is 9.64. The van der Waals surface area contributed by atoms with Gasteiger partial charge in [0, 0.05) is 39.0 Å². The summed E-state index contributed by atoms with van der Waals surface area (Å²) in [4.78, 5) is 18.1. The van der Waals surface area contributed by atoms with Crippen LogP contribution in [0.5, 0.6) is 0 Å². The van der Waals surface area contributed by atoms with Crippen molar-refractivity contribution in [1.82, 2.24) is 15.0 Å². The third-order valence-electron chi connectivity index (χ3n) is 3.76. The van der Waals surface area contributed by atoms with Gasteiger partial charge >= 0.3 is 0 Å². The van der Waals surface area contributed by atoms with Gasteiger partial charge in [-0.05, 0) is 35.4 Å². The Labute approximate surface area is 192 Å². The van der Waals surface area contributed by atoms with Crippen LogP contribution >= 0.6 is 46.4 Å². The van der Waals surface area contributed by atoms with Crippen molar-refractivity contribution in [3.05, 3.63) is 96.5 Å². The van der Waals surface area contributed by atoms with E-state index in [9.17, 15) is 0 Å². The minimum absolute atomic E-state index is 0.208. The third-order valence-corrected chi connectivity index (χ3v) is 4.91. The lowest BCUT2D eigenvalue weighted by Gasteiger charge is -2.21. The van der Waals surface area contributed by atoms with Crippen LogP contribution in [0, 0.1) is 10.1 Å². The highest BCUT2D eigenvalue weighted by Gasteiger charge is 2.16. The summed E-state index contributed by atoms with van der Waals surface area (Å²) in [6.45, 7) is 0.858. The number of hydroxylamine groups is 1. The zero-order valence-electron chi connectivity index (χ0n) is 15.2. The molecule has 0 bridgehead atoms. The summed E-state index contributed by atoms with van der Waals surface area (Å²) in [7, 11) is 0. The molecule has 0 amide bonds. The van der Waals surface area contributed by atoms with Gasteiger partial charge in [-0.3, -0.25) is 4.84 Å². The SMILES string of the molecule is Clc1ccc(CONC(Cn2ccnc2)c2ccc(Cl)cc2Cl)c(Cl)c1.O=[N+]([O-])O. The summed E-state index contributed by atoms with van der Waals surface area (Å²) in [5.74, 6) is 0. The fourth-order valence-corrected chi connectivity index (χ4v) is 3.45. The highest BCUT2D eigenvalue weighted by atomic mass is 35.5. The maximum atomic E-state index is 8.36. The topological polar surface area (TPSA) is 102 Å². The minimum Gasteiger partial charge on any atom is -0.335 e. The molecule has 0 saturated carbocycles. The van der Waals surface area contributed by atoms with E-state index in [1.165, 1.54) is 0 Å². The van der Waals surface area contributed by atoms with Gasteiger partial charge in [0.1, 0.15) is 0 Å². The highest BCUT2D eigenvalue weighted by molar-refractivity contribution is 6.35. The molecule has 1 heterocycles. The van der Waals surface area contributed by atoms with Crippen LogP contribution in [0.25, 0.3) is 0 Å². The molecule has 0 saturated heterocycles. The van der Waals surface area contributed by atoms with E-state index < -0.39 is 5.09 Å². The van der Waals surface area contributed by atoms with Crippen LogP contribution in [0.3, 0.4) is 0 Å². The molecule has 1 atom stereocenters. The van der Waals surface area contributed by atoms with E-state index in [2.05, 4.69) is 10.5 Å². The summed E-state index contributed by atoms with van der Waals surface area (Å²) in [6.07, 6.45) is 5.32. The molecule has 0 spiro atoms. The van der Waals surface area contributed by atoms with Crippen molar-refractivity contribution in [1.29, 1.82) is 0 Å². The van der Waals surface area contributed by atoms with Crippen molar-refractivity contribution in [3.8, 4) is 0 Å². The minimum atomic E-state index is -1.50. The van der Waals surface area contributed by atoms with Crippen LogP contribution in [0.2, 0.25) is 20.1 Å². The van der Waals surface area contributed by atoms with Crippen LogP contribution in [0.1, 0.15) is 17.2 Å². The first kappa shape index (κ1) is 24.2. The molecule has 2 N–H and O–H groups in total. The van der Waals surface area contributed by atoms with E-state index in [-0.39, 0.29) is 12.6 Å². The molecule has 160 valence electrons. The van der Waals surface area contributed by atoms with E-state index >= 15 is 0 Å². The van der Waals surface area contributed by atoms with Gasteiger partial charge in [0.15, 0.2) is 0 Å². The second-order valence-corrected chi connectivity index (χ2v) is 7.55. The predicted octanol–water partition coefficient (Wildman–Crippen LogP) is 5.61. The van der Waals surface area contributed by atoms with Crippen LogP contribution < -0.4 is 5.48 Å². The number of nitrogens with one attached hydrogen (secondary N) is 1. The van der Waals surface area contributed by atoms with Gasteiger partial charge in [0.2, 0.25) is 0 Å². The molecule has 12 heteroatoms. The lowest BCUT2D eigenvalue weighted by atomic mass is 10.1. The van der Waals surface area contributed by atoms with Crippen molar-refractivity contribution < 1.29 is 15.1 Å². The van der Waals surface area contributed by atoms with Crippen LogP contribution in [-0.2, 0) is 18.0 Å². The Morgan fingerprint density at radius 3 is 2.33 bits per heavy atom. The number of halogens is 4. The molecule has 2 aromatic carbocycles. The van der Waals surface area contributed by atoms with E-state index in [0.717, 1.165) is 11.1 Å². The summed E-state index contributed by atoms with van der Waals surface area (Å²) in [6, 6.07) is 10.4. The molecule has 0 fully saturated rings. The standard InChI is InChI=1S/C18H15Cl4N3O.HNO3/c19-13-2-1-12(16(21)7-13)10-26-24-18(9-25-6-5-23-11-25)15-4-3-14(20)8-17(15)22;2-1(3)4/h1-8,11,18,24H,9-10H2;(H,2,3,4). The monoisotopic (exact) mass is 492 g/mol. The molecule has 0 aliphatic heterocycles. The lowest BCUT2D eigenvalue weighted by molar-refractivity contribution is -0.742. The maximum absolute atomic E-state index is 8.36. The van der Waals surface area contributed by atoms with Crippen molar-refractivity contribution in [3.63, 3.8) is 0 Å². The first-order valence-electron chi connectivity index (χ1n) is 8.31. The maximum Gasteiger partial charge on any atom is 0.291 e. The van der Waals surface area contributed by atoms with Crippen LogP contribution in [0.15, 0.2) is 55.1 Å². The van der Waals surface area contributed by atoms with Gasteiger partial charge in [0.25, 0.3) is 5.09 Å². The molecular formula is C18H16Cl4N4O4. The van der Waals surface area contributed by atoms with E-state index in [4.69, 9.17) is 66.6 Å². The van der Waals surface area contributed by atoms with E-state index in [1.54, 1.807) is 36.8 Å². The van der Waals surface area contributed by atoms with Crippen molar-refractivity contribution in [2.75, 3.05) is 0 Å². The van der Waals surface area contributed by atoms with Gasteiger partial charge in [-0.15, -0.1) is 10.1 Å². The summed E-state index contributed by atoms with van der Waals surface area (Å²) in [5, 5.41) is 15.9. The first-order valence-corrected chi connectivity index (χ1v) is 9.82. The summed E-state index contributed by atoms with van der Waals surface area (Å²) in [5.41, 5.74) is 4.75. The van der Waals surface area contributed by atoms with E-state index in [1.807, 2.05) is 22.9 Å². The number of rotatable bonds is 7. The van der Waals surface area contributed by atoms with E-state index in [0.29, 0.717) is 26.6 Å². The zero-order valence-corrected chi connectivity index (χ0v) is 18.2. The Bertz CT molecular complexity index is 969. The zero-order chi connectivity index (χ0) is 22.1. The average Bonchev–Trinajstić information content (AvgIpc) is 3.15. The normalized spacial score (nSPS) is 11.5. The molecule has 0 aliphatic rings. The highest BCUT2D eigenvalue weighted by Crippen LogP contribution is 2.28. The van der Waals surface area contributed by atoms with Gasteiger partial charge in [-0.25, -0.2) is 4.98 Å². The number of aromatic nitrogens is 2. The molecule has 1 unspecified atom stereocenters. The molecule has 0 aliphatic carbocycles. The molecule has 0 radical (unpaired) electrons. The smallest absolute Gasteiger partial charge is 0.291 e. The molecule has 1 aromatic heterocycles. The Morgan fingerprint density at radius 2 is 1.77 bits per heavy atom. The Hall–Kier alpha value is -2.07. The lowest BCUT2D eigenvalue weighted by Crippen LogP contribution is -2.26. The summed E-state index contributed by atoms with van der Waals surface area (Å²) < 4.78 is 1.93. The number of hydrogen-bond acceptors (Lipinski definition) is 5. The largest absolute Gasteiger partial charge is 0.335 e. The molecule has 8 nitrogen and oxygen atoms in total. The van der Waals surface area contributed by atoms with Crippen molar-refractivity contribution >= 4 is 46.4 Å². The quantitative estimate of drug-likeness (QED) is 0.327. The van der Waals surface area contributed by atoms with Crippen molar-refractivity contribution in [2.45, 2.75) is 19.2 Å². The number of nitrogens with zero attached hydrogens (tertiary/aromatic N) is 3. The molecule has 30 heavy (non-hydrogen) atoms. The predicted molar refractivity (Wildman–Crippen MR) is 115 cm³/mol. The van der Waals surface area contributed by atoms with Gasteiger partial charge in [-0.2, -0.15) is 5.48 Å². The average molecular weight is 494 g/mol. The first-order chi connectivity index (χ1) is 14.3.